The van der Waals surface area contributed by atoms with Crippen molar-refractivity contribution in [2.75, 3.05) is 42.9 Å². The molecule has 3 aromatic rings. The molecule has 1 amide bonds. The van der Waals surface area contributed by atoms with Crippen molar-refractivity contribution in [2.24, 2.45) is 0 Å². The maximum absolute atomic E-state index is 13.2. The van der Waals surface area contributed by atoms with E-state index in [1.807, 2.05) is 24.4 Å². The lowest BCUT2D eigenvalue weighted by atomic mass is 10.1. The average Bonchev–Trinajstić information content (AvgIpc) is 2.68. The van der Waals surface area contributed by atoms with Gasteiger partial charge in [0.25, 0.3) is 5.91 Å². The summed E-state index contributed by atoms with van der Waals surface area (Å²) in [5, 5.41) is 4.62. The van der Waals surface area contributed by atoms with Gasteiger partial charge in [0.15, 0.2) is 12.7 Å². The average molecular weight is 401 g/mol. The minimum absolute atomic E-state index is 0.0940. The van der Waals surface area contributed by atoms with Crippen molar-refractivity contribution in [3.05, 3.63) is 65.6 Å². The summed E-state index contributed by atoms with van der Waals surface area (Å²) in [7, 11) is 0. The third-order valence-electron chi connectivity index (χ3n) is 5.07. The van der Waals surface area contributed by atoms with Crippen LogP contribution in [0.2, 0.25) is 5.02 Å². The monoisotopic (exact) mass is 400 g/mol. The van der Waals surface area contributed by atoms with Gasteiger partial charge in [-0.05, 0) is 30.3 Å². The lowest BCUT2D eigenvalue weighted by Crippen LogP contribution is -3.15. The minimum atomic E-state index is -0.354. The van der Waals surface area contributed by atoms with Crippen LogP contribution in [0.1, 0.15) is 0 Å². The fraction of sp³-hybridized carbons (Fsp3) is 0.238. The summed E-state index contributed by atoms with van der Waals surface area (Å²) in [6.45, 7) is 3.84. The largest absolute Gasteiger partial charge is 0.359 e. The zero-order chi connectivity index (χ0) is 19.5. The fourth-order valence-corrected chi connectivity index (χ4v) is 3.85. The summed E-state index contributed by atoms with van der Waals surface area (Å²) < 4.78 is 13.2. The molecule has 3 N–H and O–H groups in total. The number of piperazine rings is 1. The number of nitrogens with zero attached hydrogens (tertiary/aromatic N) is 1. The SMILES string of the molecule is O=C(C[NH+]1CCN(c2cc[nH+]c3cc(Cl)ccc23)CC1)Nc1cccc(F)c1. The van der Waals surface area contributed by atoms with E-state index in [1.54, 1.807) is 12.1 Å². The number of rotatable bonds is 4. The van der Waals surface area contributed by atoms with Crippen molar-refractivity contribution in [1.29, 1.82) is 0 Å². The highest BCUT2D eigenvalue weighted by atomic mass is 35.5. The number of H-pyrrole nitrogens is 1. The number of hydrogen-bond acceptors (Lipinski definition) is 2. The molecule has 2 aromatic carbocycles. The number of quaternary nitrogens is 1. The maximum Gasteiger partial charge on any atom is 0.279 e. The number of carbonyl (C=O) groups is 1. The molecule has 0 radical (unpaired) electrons. The highest BCUT2D eigenvalue weighted by molar-refractivity contribution is 6.31. The Hall–Kier alpha value is -2.70. The molecule has 0 aliphatic carbocycles. The molecule has 1 saturated heterocycles. The number of fused-ring (bicyclic) bond motifs is 1. The van der Waals surface area contributed by atoms with Crippen molar-refractivity contribution in [2.45, 2.75) is 0 Å². The van der Waals surface area contributed by atoms with Gasteiger partial charge in [0.05, 0.1) is 37.3 Å². The number of aromatic amines is 1. The first-order valence-electron chi connectivity index (χ1n) is 9.32. The van der Waals surface area contributed by atoms with Crippen LogP contribution in [-0.2, 0) is 4.79 Å². The van der Waals surface area contributed by atoms with Gasteiger partial charge >= 0.3 is 0 Å². The summed E-state index contributed by atoms with van der Waals surface area (Å²) in [5.41, 5.74) is 2.68. The first-order chi connectivity index (χ1) is 13.6. The van der Waals surface area contributed by atoms with E-state index in [4.69, 9.17) is 11.6 Å². The van der Waals surface area contributed by atoms with E-state index in [2.05, 4.69) is 21.3 Å². The molecule has 0 spiro atoms. The number of aromatic nitrogens is 1. The Morgan fingerprint density at radius 3 is 2.79 bits per heavy atom. The molecule has 0 atom stereocenters. The van der Waals surface area contributed by atoms with Gasteiger partial charge in [-0.15, -0.1) is 0 Å². The van der Waals surface area contributed by atoms with Crippen molar-refractivity contribution >= 4 is 39.8 Å². The Kier molecular flexibility index (Phi) is 5.41. The summed E-state index contributed by atoms with van der Waals surface area (Å²) >= 11 is 6.10. The Morgan fingerprint density at radius 2 is 2.00 bits per heavy atom. The second-order valence-corrected chi connectivity index (χ2v) is 7.46. The Labute approximate surface area is 167 Å². The van der Waals surface area contributed by atoms with Gasteiger partial charge in [-0.3, -0.25) is 4.79 Å². The van der Waals surface area contributed by atoms with Gasteiger partial charge in [-0.1, -0.05) is 17.7 Å². The molecule has 1 aliphatic rings. The summed E-state index contributed by atoms with van der Waals surface area (Å²) in [4.78, 5) is 19.1. The predicted molar refractivity (Wildman–Crippen MR) is 108 cm³/mol. The standard InChI is InChI=1S/C21H20ClFN4O/c22-15-4-5-18-19(12-15)24-7-6-20(18)27-10-8-26(9-11-27)14-21(28)25-17-3-1-2-16(23)13-17/h1-7,12-13H,8-11,14H2,(H,25,28)/p+2. The van der Waals surface area contributed by atoms with E-state index in [1.165, 1.54) is 22.7 Å². The zero-order valence-corrected chi connectivity index (χ0v) is 16.1. The number of carbonyl (C=O) groups excluding carboxylic acids is 1. The summed E-state index contributed by atoms with van der Waals surface area (Å²) in [6, 6.07) is 13.9. The lowest BCUT2D eigenvalue weighted by Gasteiger charge is -2.33. The van der Waals surface area contributed by atoms with Crippen LogP contribution in [0.3, 0.4) is 0 Å². The topological polar surface area (TPSA) is 50.9 Å². The summed E-state index contributed by atoms with van der Waals surface area (Å²) in [6.07, 6.45) is 1.93. The molecule has 1 aromatic heterocycles. The molecule has 0 unspecified atom stereocenters. The maximum atomic E-state index is 13.2. The molecule has 28 heavy (non-hydrogen) atoms. The first kappa shape index (κ1) is 18.7. The van der Waals surface area contributed by atoms with E-state index in [-0.39, 0.29) is 11.7 Å². The zero-order valence-electron chi connectivity index (χ0n) is 15.3. The van der Waals surface area contributed by atoms with Crippen LogP contribution in [-0.4, -0.2) is 38.6 Å². The van der Waals surface area contributed by atoms with Crippen LogP contribution in [0.5, 0.6) is 0 Å². The van der Waals surface area contributed by atoms with Crippen LogP contribution >= 0.6 is 11.6 Å². The Morgan fingerprint density at radius 1 is 1.18 bits per heavy atom. The molecular weight excluding hydrogens is 379 g/mol. The van der Waals surface area contributed by atoms with Gasteiger partial charge in [-0.2, -0.15) is 0 Å². The first-order valence-corrected chi connectivity index (χ1v) is 9.70. The second kappa shape index (κ2) is 8.12. The third-order valence-corrected chi connectivity index (χ3v) is 5.30. The van der Waals surface area contributed by atoms with Crippen LogP contribution in [0.25, 0.3) is 10.9 Å². The molecule has 7 heteroatoms. The Bertz CT molecular complexity index is 1000. The number of hydrogen-bond donors (Lipinski definition) is 2. The highest BCUT2D eigenvalue weighted by Gasteiger charge is 2.24. The van der Waals surface area contributed by atoms with E-state index >= 15 is 0 Å². The van der Waals surface area contributed by atoms with Gasteiger partial charge in [0.2, 0.25) is 5.52 Å². The summed E-state index contributed by atoms with van der Waals surface area (Å²) in [5.74, 6) is -0.448. The Balaban J connectivity index is 1.37. The highest BCUT2D eigenvalue weighted by Crippen LogP contribution is 2.25. The van der Waals surface area contributed by atoms with Gasteiger partial charge in [0.1, 0.15) is 5.82 Å². The van der Waals surface area contributed by atoms with Gasteiger partial charge in [-0.25, -0.2) is 9.37 Å². The molecule has 5 nitrogen and oxygen atoms in total. The normalized spacial score (nSPS) is 15.0. The quantitative estimate of drug-likeness (QED) is 0.701. The van der Waals surface area contributed by atoms with Crippen molar-refractivity contribution < 1.29 is 19.1 Å². The van der Waals surface area contributed by atoms with Crippen LogP contribution in [0.4, 0.5) is 15.8 Å². The van der Waals surface area contributed by atoms with E-state index in [9.17, 15) is 9.18 Å². The van der Waals surface area contributed by atoms with Gasteiger partial charge in [0, 0.05) is 22.8 Å². The number of amides is 1. The molecular formula is C21H22ClFN4O+2. The van der Waals surface area contributed by atoms with Crippen LogP contribution in [0, 0.1) is 5.82 Å². The number of halogens is 2. The van der Waals surface area contributed by atoms with Crippen LogP contribution < -0.4 is 20.1 Å². The predicted octanol–water partition coefficient (Wildman–Crippen LogP) is 1.79. The number of benzene rings is 2. The third kappa shape index (κ3) is 4.24. The lowest BCUT2D eigenvalue weighted by molar-refractivity contribution is -0.892. The van der Waals surface area contributed by atoms with E-state index in [0.717, 1.165) is 37.1 Å². The number of pyridine rings is 1. The second-order valence-electron chi connectivity index (χ2n) is 7.03. The fourth-order valence-electron chi connectivity index (χ4n) is 3.67. The van der Waals surface area contributed by atoms with Crippen molar-refractivity contribution in [3.63, 3.8) is 0 Å². The molecule has 144 valence electrons. The van der Waals surface area contributed by atoms with E-state index in [0.29, 0.717) is 17.3 Å². The van der Waals surface area contributed by atoms with Crippen molar-refractivity contribution in [3.8, 4) is 0 Å². The smallest absolute Gasteiger partial charge is 0.279 e. The number of nitrogens with one attached hydrogen (secondary N) is 3. The van der Waals surface area contributed by atoms with Gasteiger partial charge < -0.3 is 15.1 Å². The molecule has 1 fully saturated rings. The molecule has 0 saturated carbocycles. The van der Waals surface area contributed by atoms with Crippen LogP contribution in [0.15, 0.2) is 54.7 Å². The molecule has 0 bridgehead atoms. The molecule has 1 aliphatic heterocycles. The minimum Gasteiger partial charge on any atom is -0.359 e. The molecule has 4 rings (SSSR count). The van der Waals surface area contributed by atoms with Crippen molar-refractivity contribution in [1.82, 2.24) is 0 Å². The number of anilines is 2. The molecule has 2 heterocycles. The van der Waals surface area contributed by atoms with E-state index < -0.39 is 0 Å².